The zero-order valence-electron chi connectivity index (χ0n) is 13.2. The van der Waals surface area contributed by atoms with Crippen LogP contribution in [0.2, 0.25) is 0 Å². The zero-order chi connectivity index (χ0) is 17.5. The number of Topliss-reactive ketones (excluding diaryl/α,β-unsaturated/α-hetero) is 2. The molecule has 0 aliphatic rings. The molecule has 2 aromatic carbocycles. The molecule has 0 spiro atoms. The highest BCUT2D eigenvalue weighted by Crippen LogP contribution is 2.18. The summed E-state index contributed by atoms with van der Waals surface area (Å²) < 4.78 is 5.47. The van der Waals surface area contributed by atoms with Crippen LogP contribution in [0.15, 0.2) is 59.1 Å². The number of ether oxygens (including phenoxy) is 1. The van der Waals surface area contributed by atoms with Gasteiger partial charge in [-0.25, -0.2) is 0 Å². The van der Waals surface area contributed by atoms with Gasteiger partial charge >= 0.3 is 5.97 Å². The van der Waals surface area contributed by atoms with Crippen molar-refractivity contribution < 1.29 is 19.1 Å². The summed E-state index contributed by atoms with van der Waals surface area (Å²) in [5.41, 5.74) is 1.25. The second-order valence-corrected chi connectivity index (χ2v) is 6.26. The van der Waals surface area contributed by atoms with Gasteiger partial charge in [-0.1, -0.05) is 58.4 Å². The molecule has 1 atom stereocenters. The number of hydrogen-bond acceptors (Lipinski definition) is 4. The van der Waals surface area contributed by atoms with Crippen molar-refractivity contribution in [1.29, 1.82) is 0 Å². The molecule has 0 aliphatic heterocycles. The van der Waals surface area contributed by atoms with Gasteiger partial charge in [-0.2, -0.15) is 0 Å². The minimum Gasteiger partial charge on any atom is -0.468 e. The van der Waals surface area contributed by atoms with Crippen LogP contribution in [-0.2, 0) is 20.7 Å². The van der Waals surface area contributed by atoms with Gasteiger partial charge < -0.3 is 4.74 Å². The fourth-order valence-corrected chi connectivity index (χ4v) is 2.76. The summed E-state index contributed by atoms with van der Waals surface area (Å²) in [4.78, 5) is 36.9. The average molecular weight is 389 g/mol. The van der Waals surface area contributed by atoms with Crippen LogP contribution < -0.4 is 0 Å². The summed E-state index contributed by atoms with van der Waals surface area (Å²) in [6, 6.07) is 16.0. The third kappa shape index (κ3) is 4.86. The van der Waals surface area contributed by atoms with Gasteiger partial charge in [0.1, 0.15) is 5.92 Å². The molecule has 5 heteroatoms. The summed E-state index contributed by atoms with van der Waals surface area (Å²) in [5.74, 6) is -2.37. The van der Waals surface area contributed by atoms with Gasteiger partial charge in [0.05, 0.1) is 7.11 Å². The van der Waals surface area contributed by atoms with E-state index in [-0.39, 0.29) is 24.4 Å². The van der Waals surface area contributed by atoms with Crippen molar-refractivity contribution in [2.75, 3.05) is 7.11 Å². The molecule has 4 nitrogen and oxygen atoms in total. The highest BCUT2D eigenvalue weighted by molar-refractivity contribution is 9.10. The van der Waals surface area contributed by atoms with Crippen molar-refractivity contribution in [3.8, 4) is 0 Å². The van der Waals surface area contributed by atoms with Crippen LogP contribution in [-0.4, -0.2) is 24.6 Å². The lowest BCUT2D eigenvalue weighted by molar-refractivity contribution is -0.149. The smallest absolute Gasteiger partial charge is 0.316 e. The first kappa shape index (κ1) is 18.1. The third-order valence-corrected chi connectivity index (χ3v) is 4.12. The maximum absolute atomic E-state index is 12.5. The Labute approximate surface area is 149 Å². The molecule has 124 valence electrons. The van der Waals surface area contributed by atoms with Crippen molar-refractivity contribution in [1.82, 2.24) is 0 Å². The lowest BCUT2D eigenvalue weighted by Crippen LogP contribution is -2.29. The lowest BCUT2D eigenvalue weighted by atomic mass is 9.91. The summed E-state index contributed by atoms with van der Waals surface area (Å²) in [6.07, 6.45) is -0.110. The molecule has 0 fully saturated rings. The molecule has 0 radical (unpaired) electrons. The van der Waals surface area contributed by atoms with Crippen LogP contribution in [0.25, 0.3) is 0 Å². The molecule has 0 aromatic heterocycles. The van der Waals surface area contributed by atoms with E-state index < -0.39 is 11.9 Å². The summed E-state index contributed by atoms with van der Waals surface area (Å²) >= 11 is 3.30. The molecular weight excluding hydrogens is 372 g/mol. The van der Waals surface area contributed by atoms with E-state index in [1.807, 2.05) is 30.3 Å². The van der Waals surface area contributed by atoms with E-state index in [2.05, 4.69) is 15.9 Å². The van der Waals surface area contributed by atoms with Crippen molar-refractivity contribution in [3.63, 3.8) is 0 Å². The molecule has 0 saturated carbocycles. The van der Waals surface area contributed by atoms with E-state index >= 15 is 0 Å². The van der Waals surface area contributed by atoms with Crippen LogP contribution in [0.3, 0.4) is 0 Å². The van der Waals surface area contributed by atoms with E-state index in [1.165, 1.54) is 7.11 Å². The monoisotopic (exact) mass is 388 g/mol. The lowest BCUT2D eigenvalue weighted by Gasteiger charge is -2.13. The predicted octanol–water partition coefficient (Wildman–Crippen LogP) is 3.62. The van der Waals surface area contributed by atoms with E-state index in [0.29, 0.717) is 5.56 Å². The predicted molar refractivity (Wildman–Crippen MR) is 93.7 cm³/mol. The summed E-state index contributed by atoms with van der Waals surface area (Å²) in [6.45, 7) is 0. The second kappa shape index (κ2) is 8.55. The summed E-state index contributed by atoms with van der Waals surface area (Å²) in [7, 11) is 1.22. The fraction of sp³-hybridized carbons (Fsp3) is 0.211. The highest BCUT2D eigenvalue weighted by Gasteiger charge is 2.30. The van der Waals surface area contributed by atoms with Crippen molar-refractivity contribution >= 4 is 33.5 Å². The summed E-state index contributed by atoms with van der Waals surface area (Å²) in [5, 5.41) is 0. The Morgan fingerprint density at radius 1 is 1.04 bits per heavy atom. The molecule has 24 heavy (non-hydrogen) atoms. The van der Waals surface area contributed by atoms with Crippen LogP contribution in [0.1, 0.15) is 22.3 Å². The van der Waals surface area contributed by atoms with Crippen LogP contribution in [0, 0.1) is 5.92 Å². The largest absolute Gasteiger partial charge is 0.468 e. The average Bonchev–Trinajstić information content (AvgIpc) is 2.59. The van der Waals surface area contributed by atoms with Gasteiger partial charge in [-0.05, 0) is 17.7 Å². The maximum atomic E-state index is 12.5. The second-order valence-electron chi connectivity index (χ2n) is 5.34. The molecule has 0 amide bonds. The van der Waals surface area contributed by atoms with E-state index in [1.54, 1.807) is 24.3 Å². The molecule has 0 bridgehead atoms. The van der Waals surface area contributed by atoms with Gasteiger partial charge in [0.25, 0.3) is 0 Å². The minimum absolute atomic E-state index is 0.0897. The van der Waals surface area contributed by atoms with Crippen LogP contribution in [0.4, 0.5) is 0 Å². The molecule has 1 unspecified atom stereocenters. The quantitative estimate of drug-likeness (QED) is 0.412. The van der Waals surface area contributed by atoms with Crippen molar-refractivity contribution in [2.24, 2.45) is 5.92 Å². The number of ketones is 2. The number of halogens is 1. The van der Waals surface area contributed by atoms with Gasteiger partial charge in [-0.15, -0.1) is 0 Å². The maximum Gasteiger partial charge on any atom is 0.316 e. The third-order valence-electron chi connectivity index (χ3n) is 3.63. The Bertz CT molecular complexity index is 740. The van der Waals surface area contributed by atoms with Crippen molar-refractivity contribution in [2.45, 2.75) is 12.8 Å². The normalized spacial score (nSPS) is 11.6. The Kier molecular flexibility index (Phi) is 6.44. The number of rotatable bonds is 7. The number of methoxy groups -OCH3 is 1. The topological polar surface area (TPSA) is 60.4 Å². The number of carbonyl (C=O) groups is 3. The fourth-order valence-electron chi connectivity index (χ4n) is 2.36. The highest BCUT2D eigenvalue weighted by atomic mass is 79.9. The van der Waals surface area contributed by atoms with Gasteiger partial charge in [-0.3, -0.25) is 14.4 Å². The number of hydrogen-bond donors (Lipinski definition) is 0. The molecule has 0 N–H and O–H groups in total. The first-order valence-corrected chi connectivity index (χ1v) is 8.24. The molecule has 0 saturated heterocycles. The number of esters is 1. The van der Waals surface area contributed by atoms with E-state index in [9.17, 15) is 14.4 Å². The standard InChI is InChI=1S/C19H17BrO4/c1-24-19(23)16(18(22)10-13-6-3-2-4-7-13)12-17(21)14-8-5-9-15(20)11-14/h2-9,11,16H,10,12H2,1H3. The zero-order valence-corrected chi connectivity index (χ0v) is 14.8. The van der Waals surface area contributed by atoms with Gasteiger partial charge in [0.15, 0.2) is 11.6 Å². The Morgan fingerprint density at radius 2 is 1.75 bits per heavy atom. The van der Waals surface area contributed by atoms with Crippen LogP contribution >= 0.6 is 15.9 Å². The number of benzene rings is 2. The first-order valence-electron chi connectivity index (χ1n) is 7.44. The Morgan fingerprint density at radius 3 is 2.38 bits per heavy atom. The van der Waals surface area contributed by atoms with Gasteiger partial charge in [0, 0.05) is 22.9 Å². The minimum atomic E-state index is -1.10. The molecule has 2 aromatic rings. The first-order chi connectivity index (χ1) is 11.5. The molecular formula is C19H17BrO4. The SMILES string of the molecule is COC(=O)C(CC(=O)c1cccc(Br)c1)C(=O)Cc1ccccc1. The molecule has 0 heterocycles. The molecule has 0 aliphatic carbocycles. The van der Waals surface area contributed by atoms with Crippen molar-refractivity contribution in [3.05, 3.63) is 70.2 Å². The van der Waals surface area contributed by atoms with Crippen LogP contribution in [0.5, 0.6) is 0 Å². The molecule has 2 rings (SSSR count). The number of carbonyl (C=O) groups excluding carboxylic acids is 3. The van der Waals surface area contributed by atoms with E-state index in [0.717, 1.165) is 10.0 Å². The Hall–Kier alpha value is -2.27. The van der Waals surface area contributed by atoms with Gasteiger partial charge in [0.2, 0.25) is 0 Å². The Balaban J connectivity index is 2.14. The van der Waals surface area contributed by atoms with E-state index in [4.69, 9.17) is 4.74 Å².